The highest BCUT2D eigenvalue weighted by atomic mass is 35.5. The zero-order chi connectivity index (χ0) is 21.7. The van der Waals surface area contributed by atoms with Crippen LogP contribution in [0.15, 0.2) is 53.8 Å². The molecule has 3 rings (SSSR count). The average molecular weight is 430 g/mol. The van der Waals surface area contributed by atoms with Crippen LogP contribution >= 0.6 is 11.6 Å². The number of benzene rings is 2. The van der Waals surface area contributed by atoms with Crippen molar-refractivity contribution in [3.63, 3.8) is 0 Å². The van der Waals surface area contributed by atoms with Crippen molar-refractivity contribution in [3.8, 4) is 17.4 Å². The maximum Gasteiger partial charge on any atom is 0.351 e. The Balaban J connectivity index is 1.70. The lowest BCUT2D eigenvalue weighted by atomic mass is 10.1. The molecule has 8 nitrogen and oxygen atoms in total. The number of aromatic nitrogens is 2. The summed E-state index contributed by atoms with van der Waals surface area (Å²) in [5, 5.41) is 13.8. The van der Waals surface area contributed by atoms with Crippen LogP contribution in [0.4, 0.5) is 0 Å². The van der Waals surface area contributed by atoms with Gasteiger partial charge in [-0.3, -0.25) is 0 Å². The van der Waals surface area contributed by atoms with Gasteiger partial charge in [-0.25, -0.2) is 14.8 Å². The van der Waals surface area contributed by atoms with Crippen molar-refractivity contribution >= 4 is 34.3 Å². The monoisotopic (exact) mass is 429 g/mol. The van der Waals surface area contributed by atoms with Gasteiger partial charge in [-0.05, 0) is 63.2 Å². The number of ether oxygens (including phenoxy) is 2. The van der Waals surface area contributed by atoms with E-state index >= 15 is 0 Å². The summed E-state index contributed by atoms with van der Waals surface area (Å²) >= 11 is 5.95. The van der Waals surface area contributed by atoms with Crippen LogP contribution in [0.3, 0.4) is 0 Å². The number of carboxylic acid groups (broad SMARTS) is 1. The van der Waals surface area contributed by atoms with E-state index in [0.29, 0.717) is 39.1 Å². The number of oxime groups is 1. The van der Waals surface area contributed by atoms with Crippen molar-refractivity contribution in [2.24, 2.45) is 5.16 Å². The molecule has 0 amide bonds. The Kier molecular flexibility index (Phi) is 6.37. The fourth-order valence-electron chi connectivity index (χ4n) is 2.39. The summed E-state index contributed by atoms with van der Waals surface area (Å²) in [6, 6.07) is 11.7. The average Bonchev–Trinajstić information content (AvgIpc) is 2.69. The molecule has 1 aromatic heterocycles. The molecule has 0 bridgehead atoms. The Morgan fingerprint density at radius 2 is 1.83 bits per heavy atom. The predicted molar refractivity (Wildman–Crippen MR) is 112 cm³/mol. The van der Waals surface area contributed by atoms with Gasteiger partial charge < -0.3 is 19.4 Å². The third-order valence-corrected chi connectivity index (χ3v) is 4.15. The van der Waals surface area contributed by atoms with Crippen LogP contribution in [0.5, 0.6) is 17.4 Å². The Morgan fingerprint density at radius 1 is 1.13 bits per heavy atom. The molecule has 0 aliphatic rings. The van der Waals surface area contributed by atoms with E-state index in [1.807, 2.05) is 0 Å². The molecule has 0 aliphatic heterocycles. The number of hydrogen-bond donors (Lipinski definition) is 1. The lowest BCUT2D eigenvalue weighted by Gasteiger charge is -2.25. The normalized spacial score (nSPS) is 12.7. The van der Waals surface area contributed by atoms with Crippen molar-refractivity contribution < 1.29 is 24.2 Å². The molecule has 1 heterocycles. The summed E-state index contributed by atoms with van der Waals surface area (Å²) in [6.45, 7) is 4.65. The Morgan fingerprint density at radius 3 is 2.50 bits per heavy atom. The van der Waals surface area contributed by atoms with Gasteiger partial charge >= 0.3 is 5.97 Å². The molecule has 1 unspecified atom stereocenters. The second-order valence-electron chi connectivity index (χ2n) is 6.86. The van der Waals surface area contributed by atoms with E-state index in [1.165, 1.54) is 13.1 Å². The van der Waals surface area contributed by atoms with E-state index in [4.69, 9.17) is 25.9 Å². The van der Waals surface area contributed by atoms with Gasteiger partial charge in [-0.2, -0.15) is 0 Å². The van der Waals surface area contributed by atoms with Crippen LogP contribution < -0.4 is 9.47 Å². The SMILES string of the molecule is CC(C)=NOCC(C)(Oc1ccc(Oc2cnc3cc(Cl)ccc3n2)cc1)C(=O)O. The number of nitrogens with zero attached hydrogens (tertiary/aromatic N) is 3. The highest BCUT2D eigenvalue weighted by molar-refractivity contribution is 6.31. The predicted octanol–water partition coefficient (Wildman–Crippen LogP) is 4.71. The third-order valence-electron chi connectivity index (χ3n) is 3.91. The van der Waals surface area contributed by atoms with Crippen LogP contribution in [0.25, 0.3) is 11.0 Å². The molecule has 0 radical (unpaired) electrons. The summed E-state index contributed by atoms with van der Waals surface area (Å²) in [4.78, 5) is 25.4. The Labute approximate surface area is 178 Å². The van der Waals surface area contributed by atoms with Gasteiger partial charge in [0, 0.05) is 5.02 Å². The smallest absolute Gasteiger partial charge is 0.351 e. The minimum Gasteiger partial charge on any atom is -0.478 e. The van der Waals surface area contributed by atoms with E-state index in [1.54, 1.807) is 56.3 Å². The van der Waals surface area contributed by atoms with Gasteiger partial charge in [-0.15, -0.1) is 0 Å². The Bertz CT molecular complexity index is 1080. The Hall–Kier alpha value is -3.39. The van der Waals surface area contributed by atoms with Crippen molar-refractivity contribution in [3.05, 3.63) is 53.7 Å². The number of aliphatic carboxylic acids is 1. The maximum absolute atomic E-state index is 11.6. The molecular formula is C21H20ClN3O5. The fourth-order valence-corrected chi connectivity index (χ4v) is 2.56. The number of rotatable bonds is 8. The second kappa shape index (κ2) is 8.96. The molecule has 0 fully saturated rings. The first-order valence-corrected chi connectivity index (χ1v) is 9.39. The molecule has 30 heavy (non-hydrogen) atoms. The van der Waals surface area contributed by atoms with Crippen molar-refractivity contribution in [2.75, 3.05) is 6.61 Å². The zero-order valence-electron chi connectivity index (χ0n) is 16.6. The summed E-state index contributed by atoms with van der Waals surface area (Å²) in [5.74, 6) is -0.0230. The zero-order valence-corrected chi connectivity index (χ0v) is 17.4. The fraction of sp³-hybridized carbons (Fsp3) is 0.238. The number of halogens is 1. The van der Waals surface area contributed by atoms with Crippen LogP contribution in [0.1, 0.15) is 20.8 Å². The molecule has 9 heteroatoms. The lowest BCUT2D eigenvalue weighted by molar-refractivity contribution is -0.159. The van der Waals surface area contributed by atoms with Crippen molar-refractivity contribution in [1.29, 1.82) is 0 Å². The summed E-state index contributed by atoms with van der Waals surface area (Å²) in [6.07, 6.45) is 1.50. The summed E-state index contributed by atoms with van der Waals surface area (Å²) in [5.41, 5.74) is 0.381. The number of carboxylic acids is 1. The third kappa shape index (κ3) is 5.36. The van der Waals surface area contributed by atoms with E-state index in [0.717, 1.165) is 0 Å². The second-order valence-corrected chi connectivity index (χ2v) is 7.30. The van der Waals surface area contributed by atoms with Gasteiger partial charge in [0.15, 0.2) is 6.61 Å². The molecule has 0 saturated carbocycles. The van der Waals surface area contributed by atoms with Crippen LogP contribution in [-0.4, -0.2) is 39.0 Å². The van der Waals surface area contributed by atoms with Gasteiger partial charge in [0.25, 0.3) is 0 Å². The first kappa shape index (κ1) is 21.3. The van der Waals surface area contributed by atoms with Gasteiger partial charge in [0.1, 0.15) is 11.5 Å². The van der Waals surface area contributed by atoms with Crippen molar-refractivity contribution in [2.45, 2.75) is 26.4 Å². The molecule has 1 atom stereocenters. The van der Waals surface area contributed by atoms with E-state index in [-0.39, 0.29) is 6.61 Å². The van der Waals surface area contributed by atoms with E-state index < -0.39 is 11.6 Å². The molecule has 3 aromatic rings. The van der Waals surface area contributed by atoms with Crippen LogP contribution in [0.2, 0.25) is 5.02 Å². The molecule has 1 N–H and O–H groups in total. The minimum absolute atomic E-state index is 0.248. The standard InChI is InChI=1S/C21H20ClN3O5/c1-13(2)25-28-12-21(3,20(26)27)30-16-7-5-15(6-8-16)29-19-11-23-18-10-14(22)4-9-17(18)24-19/h4-11H,12H2,1-3H3,(H,26,27). The first-order valence-electron chi connectivity index (χ1n) is 9.01. The van der Waals surface area contributed by atoms with E-state index in [9.17, 15) is 9.90 Å². The summed E-state index contributed by atoms with van der Waals surface area (Å²) in [7, 11) is 0. The van der Waals surface area contributed by atoms with Gasteiger partial charge in [0.05, 0.1) is 22.9 Å². The summed E-state index contributed by atoms with van der Waals surface area (Å²) < 4.78 is 11.3. The molecular weight excluding hydrogens is 410 g/mol. The molecule has 0 aliphatic carbocycles. The van der Waals surface area contributed by atoms with E-state index in [2.05, 4.69) is 15.1 Å². The number of fused-ring (bicyclic) bond motifs is 1. The minimum atomic E-state index is -1.60. The quantitative estimate of drug-likeness (QED) is 0.408. The number of hydrogen-bond acceptors (Lipinski definition) is 7. The van der Waals surface area contributed by atoms with Gasteiger partial charge in [-0.1, -0.05) is 16.8 Å². The largest absolute Gasteiger partial charge is 0.478 e. The highest BCUT2D eigenvalue weighted by Gasteiger charge is 2.37. The maximum atomic E-state index is 11.6. The molecule has 0 saturated heterocycles. The topological polar surface area (TPSA) is 103 Å². The first-order chi connectivity index (χ1) is 14.2. The highest BCUT2D eigenvalue weighted by Crippen LogP contribution is 2.26. The molecule has 0 spiro atoms. The van der Waals surface area contributed by atoms with Crippen LogP contribution in [0, 0.1) is 0 Å². The van der Waals surface area contributed by atoms with Gasteiger partial charge in [0.2, 0.25) is 11.5 Å². The van der Waals surface area contributed by atoms with Crippen molar-refractivity contribution in [1.82, 2.24) is 9.97 Å². The van der Waals surface area contributed by atoms with Crippen LogP contribution in [-0.2, 0) is 9.63 Å². The lowest BCUT2D eigenvalue weighted by Crippen LogP contribution is -2.45. The number of carbonyl (C=O) groups is 1. The molecule has 2 aromatic carbocycles. The molecule has 156 valence electrons.